The minimum atomic E-state index is -3.55. The van der Waals surface area contributed by atoms with Crippen LogP contribution in [0.1, 0.15) is 35.8 Å². The van der Waals surface area contributed by atoms with Gasteiger partial charge in [0.2, 0.25) is 10.0 Å². The Labute approximate surface area is 154 Å². The average Bonchev–Trinajstić information content (AvgIpc) is 3.04. The van der Waals surface area contributed by atoms with Gasteiger partial charge in [0.25, 0.3) is 0 Å². The number of carbonyl (C=O) groups is 1. The summed E-state index contributed by atoms with van der Waals surface area (Å²) in [5.41, 5.74) is 0.825. The molecule has 0 fully saturated rings. The number of carboxylic acid groups (broad SMARTS) is 1. The maximum atomic E-state index is 12.3. The molecule has 8 nitrogen and oxygen atoms in total. The van der Waals surface area contributed by atoms with Crippen LogP contribution in [-0.4, -0.2) is 41.0 Å². The molecule has 0 saturated heterocycles. The van der Waals surface area contributed by atoms with Crippen LogP contribution in [0.5, 0.6) is 0 Å². The van der Waals surface area contributed by atoms with Crippen molar-refractivity contribution in [2.45, 2.75) is 37.6 Å². The van der Waals surface area contributed by atoms with Crippen LogP contribution in [0.2, 0.25) is 0 Å². The van der Waals surface area contributed by atoms with Gasteiger partial charge in [-0.15, -0.1) is 5.10 Å². The van der Waals surface area contributed by atoms with Gasteiger partial charge >= 0.3 is 5.97 Å². The number of carboxylic acids is 1. The summed E-state index contributed by atoms with van der Waals surface area (Å²) in [6.07, 6.45) is 3.32. The van der Waals surface area contributed by atoms with Gasteiger partial charge in [0.15, 0.2) is 5.69 Å². The van der Waals surface area contributed by atoms with Gasteiger partial charge in [0.05, 0.1) is 11.1 Å². The Morgan fingerprint density at radius 3 is 2.76 bits per heavy atom. The number of aryl methyl sites for hydroxylation is 2. The lowest BCUT2D eigenvalue weighted by Gasteiger charge is -2.09. The predicted molar refractivity (Wildman–Crippen MR) is 94.9 cm³/mol. The fraction of sp³-hybridized carbons (Fsp3) is 0.400. The third-order valence-electron chi connectivity index (χ3n) is 3.57. The van der Waals surface area contributed by atoms with Crippen LogP contribution in [-0.2, 0) is 23.0 Å². The minimum Gasteiger partial charge on any atom is -0.476 e. The minimum absolute atomic E-state index is 0.109. The van der Waals surface area contributed by atoms with E-state index in [1.165, 1.54) is 10.9 Å². The maximum Gasteiger partial charge on any atom is 0.358 e. The van der Waals surface area contributed by atoms with Gasteiger partial charge in [-0.3, -0.25) is 4.68 Å². The van der Waals surface area contributed by atoms with Gasteiger partial charge in [0.1, 0.15) is 0 Å². The van der Waals surface area contributed by atoms with Crippen molar-refractivity contribution >= 4 is 31.9 Å². The Kier molecular flexibility index (Phi) is 6.68. The molecule has 0 radical (unpaired) electrons. The van der Waals surface area contributed by atoms with E-state index in [0.29, 0.717) is 25.9 Å². The summed E-state index contributed by atoms with van der Waals surface area (Å²) in [4.78, 5) is 11.0. The van der Waals surface area contributed by atoms with E-state index in [-0.39, 0.29) is 10.6 Å². The Hall–Kier alpha value is -1.78. The van der Waals surface area contributed by atoms with Crippen molar-refractivity contribution in [3.8, 4) is 0 Å². The highest BCUT2D eigenvalue weighted by atomic mass is 79.9. The number of rotatable bonds is 9. The fourth-order valence-electron chi connectivity index (χ4n) is 2.18. The van der Waals surface area contributed by atoms with Gasteiger partial charge < -0.3 is 5.11 Å². The molecule has 0 bridgehead atoms. The molecule has 1 aromatic heterocycles. The van der Waals surface area contributed by atoms with Crippen molar-refractivity contribution in [2.24, 2.45) is 0 Å². The Morgan fingerprint density at radius 2 is 2.12 bits per heavy atom. The average molecular weight is 431 g/mol. The molecule has 2 rings (SSSR count). The molecule has 0 spiro atoms. The Bertz CT molecular complexity index is 851. The molecule has 0 saturated carbocycles. The van der Waals surface area contributed by atoms with Crippen LogP contribution in [0, 0.1) is 0 Å². The van der Waals surface area contributed by atoms with E-state index < -0.39 is 16.0 Å². The van der Waals surface area contributed by atoms with Crippen LogP contribution < -0.4 is 4.72 Å². The molecular weight excluding hydrogens is 412 g/mol. The number of aromatic carboxylic acids is 1. The highest BCUT2D eigenvalue weighted by Gasteiger charge is 2.14. The molecule has 0 aliphatic carbocycles. The molecule has 10 heteroatoms. The first-order valence-corrected chi connectivity index (χ1v) is 10.0. The van der Waals surface area contributed by atoms with Gasteiger partial charge in [-0.2, -0.15) is 0 Å². The van der Waals surface area contributed by atoms with Crippen molar-refractivity contribution in [1.29, 1.82) is 0 Å². The molecule has 2 aromatic rings. The Morgan fingerprint density at radius 1 is 1.36 bits per heavy atom. The molecule has 2 N–H and O–H groups in total. The van der Waals surface area contributed by atoms with Gasteiger partial charge in [-0.1, -0.05) is 28.1 Å². The van der Waals surface area contributed by atoms with Crippen LogP contribution in [0.4, 0.5) is 0 Å². The third kappa shape index (κ3) is 5.35. The summed E-state index contributed by atoms with van der Waals surface area (Å²) in [6, 6.07) is 4.96. The highest BCUT2D eigenvalue weighted by Crippen LogP contribution is 2.21. The molecule has 0 amide bonds. The van der Waals surface area contributed by atoms with E-state index in [4.69, 9.17) is 5.11 Å². The molecule has 0 atom stereocenters. The smallest absolute Gasteiger partial charge is 0.358 e. The van der Waals surface area contributed by atoms with Crippen molar-refractivity contribution in [3.05, 3.63) is 40.1 Å². The first-order valence-electron chi connectivity index (χ1n) is 7.75. The number of hydrogen-bond acceptors (Lipinski definition) is 5. The highest BCUT2D eigenvalue weighted by molar-refractivity contribution is 9.10. The molecule has 1 aromatic carbocycles. The second-order valence-corrected chi connectivity index (χ2v) is 8.00. The van der Waals surface area contributed by atoms with Crippen molar-refractivity contribution < 1.29 is 18.3 Å². The van der Waals surface area contributed by atoms with E-state index in [9.17, 15) is 13.2 Å². The monoisotopic (exact) mass is 430 g/mol. The van der Waals surface area contributed by atoms with E-state index in [1.807, 2.05) is 6.92 Å². The van der Waals surface area contributed by atoms with Crippen LogP contribution in [0.15, 0.2) is 33.8 Å². The first kappa shape index (κ1) is 19.5. The number of aromatic nitrogens is 3. The second kappa shape index (κ2) is 8.54. The van der Waals surface area contributed by atoms with E-state index in [0.717, 1.165) is 16.5 Å². The normalized spacial score (nSPS) is 11.6. The lowest BCUT2D eigenvalue weighted by atomic mass is 10.2. The lowest BCUT2D eigenvalue weighted by molar-refractivity contribution is 0.0690. The summed E-state index contributed by atoms with van der Waals surface area (Å²) >= 11 is 3.40. The number of sulfonamides is 1. The van der Waals surface area contributed by atoms with E-state index in [2.05, 4.69) is 31.0 Å². The van der Waals surface area contributed by atoms with Crippen molar-refractivity contribution in [1.82, 2.24) is 19.7 Å². The standard InChI is InChI=1S/C15H19BrN4O4S/c1-2-11-9-12(5-6-13(11)16)25(23,24)17-7-3-4-8-20-10-14(15(21)22)18-19-20/h5-6,9-10,17H,2-4,7-8H2,1H3,(H,21,22). The summed E-state index contributed by atoms with van der Waals surface area (Å²) in [6.45, 7) is 2.73. The van der Waals surface area contributed by atoms with E-state index in [1.54, 1.807) is 18.2 Å². The number of halogens is 1. The number of hydrogen-bond donors (Lipinski definition) is 2. The summed E-state index contributed by atoms with van der Waals surface area (Å²) < 4.78 is 29.5. The fourth-order valence-corrected chi connectivity index (χ4v) is 3.83. The van der Waals surface area contributed by atoms with Gasteiger partial charge in [0, 0.05) is 17.6 Å². The molecular formula is C15H19BrN4O4S. The molecule has 0 aliphatic heterocycles. The number of benzene rings is 1. The van der Waals surface area contributed by atoms with Crippen molar-refractivity contribution in [3.63, 3.8) is 0 Å². The number of unbranched alkanes of at least 4 members (excludes halogenated alkanes) is 1. The topological polar surface area (TPSA) is 114 Å². The largest absolute Gasteiger partial charge is 0.476 e. The zero-order chi connectivity index (χ0) is 18.4. The lowest BCUT2D eigenvalue weighted by Crippen LogP contribution is -2.25. The van der Waals surface area contributed by atoms with Crippen molar-refractivity contribution in [2.75, 3.05) is 6.54 Å². The molecule has 0 aliphatic rings. The maximum absolute atomic E-state index is 12.3. The summed E-state index contributed by atoms with van der Waals surface area (Å²) in [7, 11) is -3.55. The molecule has 1 heterocycles. The summed E-state index contributed by atoms with van der Waals surface area (Å²) in [5, 5.41) is 16.0. The van der Waals surface area contributed by atoms with Crippen LogP contribution in [0.25, 0.3) is 0 Å². The zero-order valence-corrected chi connectivity index (χ0v) is 16.0. The quantitative estimate of drug-likeness (QED) is 0.588. The third-order valence-corrected chi connectivity index (χ3v) is 5.80. The second-order valence-electron chi connectivity index (χ2n) is 5.38. The van der Waals surface area contributed by atoms with Crippen LogP contribution >= 0.6 is 15.9 Å². The summed E-state index contributed by atoms with van der Waals surface area (Å²) in [5.74, 6) is -1.13. The zero-order valence-electron chi connectivity index (χ0n) is 13.6. The SMILES string of the molecule is CCc1cc(S(=O)(=O)NCCCCn2cc(C(=O)O)nn2)ccc1Br. The van der Waals surface area contributed by atoms with E-state index >= 15 is 0 Å². The van der Waals surface area contributed by atoms with Gasteiger partial charge in [-0.25, -0.2) is 17.9 Å². The van der Waals surface area contributed by atoms with Gasteiger partial charge in [-0.05, 0) is 43.0 Å². The predicted octanol–water partition coefficient (Wildman–Crippen LogP) is 2.06. The Balaban J connectivity index is 1.83. The molecule has 136 valence electrons. The van der Waals surface area contributed by atoms with Crippen LogP contribution in [0.3, 0.4) is 0 Å². The molecule has 0 unspecified atom stereocenters. The first-order chi connectivity index (χ1) is 11.8. The number of nitrogens with zero attached hydrogens (tertiary/aromatic N) is 3. The number of nitrogens with one attached hydrogen (secondary N) is 1. The molecule has 25 heavy (non-hydrogen) atoms.